The van der Waals surface area contributed by atoms with Gasteiger partial charge in [0, 0.05) is 87.8 Å². The predicted octanol–water partition coefficient (Wildman–Crippen LogP) is 4.59. The van der Waals surface area contributed by atoms with Crippen LogP contribution >= 0.6 is 0 Å². The zero-order valence-electron chi connectivity index (χ0n) is 36.7. The van der Waals surface area contributed by atoms with Crippen LogP contribution in [-0.4, -0.2) is 101 Å². The molecule has 7 heterocycles. The molecule has 334 valence electrons. The molecule has 3 aromatic carbocycles. The molecule has 18 nitrogen and oxygen atoms in total. The lowest BCUT2D eigenvalue weighted by Gasteiger charge is -2.39. The first-order chi connectivity index (χ1) is 31.5. The van der Waals surface area contributed by atoms with Crippen molar-refractivity contribution in [2.75, 3.05) is 48.3 Å². The molecule has 0 radical (unpaired) electrons. The maximum atomic E-state index is 13.9. The number of fused-ring (bicyclic) bond motifs is 3. The van der Waals surface area contributed by atoms with Gasteiger partial charge >= 0.3 is 0 Å². The molecule has 6 aromatic rings. The smallest absolute Gasteiger partial charge is 0.278 e. The van der Waals surface area contributed by atoms with E-state index in [4.69, 9.17) is 10.1 Å². The molecule has 1 atom stereocenters. The van der Waals surface area contributed by atoms with E-state index >= 15 is 0 Å². The Balaban J connectivity index is 0.714. The van der Waals surface area contributed by atoms with E-state index in [2.05, 4.69) is 74.3 Å². The summed E-state index contributed by atoms with van der Waals surface area (Å²) in [6.45, 7) is 7.81. The zero-order chi connectivity index (χ0) is 44.9. The number of imide groups is 1. The molecule has 18 heteroatoms. The molecular formula is C47H51N13O5. The molecule has 0 aliphatic carbocycles. The Morgan fingerprint density at radius 1 is 0.769 bits per heavy atom. The fraction of sp³-hybridized carbons (Fsp3) is 0.404. The van der Waals surface area contributed by atoms with E-state index in [1.807, 2.05) is 41.1 Å². The van der Waals surface area contributed by atoms with Gasteiger partial charge in [-0.15, -0.1) is 5.10 Å². The van der Waals surface area contributed by atoms with Gasteiger partial charge in [0.15, 0.2) is 11.5 Å². The third kappa shape index (κ3) is 8.12. The molecule has 4 aliphatic rings. The molecule has 3 fully saturated rings. The van der Waals surface area contributed by atoms with Crippen molar-refractivity contribution in [2.24, 2.45) is 18.9 Å². The average Bonchev–Trinajstić information content (AvgIpc) is 3.63. The molecule has 0 bridgehead atoms. The number of hydrogen-bond acceptors (Lipinski definition) is 13. The highest BCUT2D eigenvalue weighted by Crippen LogP contribution is 2.32. The molecular weight excluding hydrogens is 827 g/mol. The quantitative estimate of drug-likeness (QED) is 0.179. The van der Waals surface area contributed by atoms with Crippen LogP contribution in [-0.2, 0) is 39.2 Å². The first kappa shape index (κ1) is 41.8. The largest absolute Gasteiger partial charge is 0.371 e. The van der Waals surface area contributed by atoms with E-state index in [9.17, 15) is 24.0 Å². The maximum absolute atomic E-state index is 13.9. The Labute approximate surface area is 374 Å². The topological polar surface area (TPSA) is 205 Å². The van der Waals surface area contributed by atoms with Crippen LogP contribution in [0.2, 0.25) is 0 Å². The molecule has 3 N–H and O–H groups in total. The molecule has 0 saturated carbocycles. The molecule has 4 aliphatic heterocycles. The second-order valence-electron chi connectivity index (χ2n) is 17.8. The normalized spacial score (nSPS) is 18.5. The minimum Gasteiger partial charge on any atom is -0.371 e. The summed E-state index contributed by atoms with van der Waals surface area (Å²) in [6.07, 6.45) is 5.57. The number of aryl methyl sites for hydroxylation is 3. The summed E-state index contributed by atoms with van der Waals surface area (Å²) in [4.78, 5) is 80.4. The number of piperidine rings is 3. The molecule has 65 heavy (non-hydrogen) atoms. The van der Waals surface area contributed by atoms with E-state index in [0.717, 1.165) is 50.2 Å². The molecule has 4 amide bonds. The van der Waals surface area contributed by atoms with Crippen molar-refractivity contribution < 1.29 is 19.2 Å². The third-order valence-electron chi connectivity index (χ3n) is 13.6. The number of hydrogen-bond donors (Lipinski definition) is 3. The Morgan fingerprint density at radius 3 is 2.26 bits per heavy atom. The lowest BCUT2D eigenvalue weighted by atomic mass is 9.90. The summed E-state index contributed by atoms with van der Waals surface area (Å²) in [5.41, 5.74) is 8.02. The lowest BCUT2D eigenvalue weighted by Crippen LogP contribution is -2.48. The monoisotopic (exact) mass is 877 g/mol. The summed E-state index contributed by atoms with van der Waals surface area (Å²) in [6, 6.07) is 16.9. The number of anilines is 5. The third-order valence-corrected chi connectivity index (χ3v) is 13.6. The van der Waals surface area contributed by atoms with Gasteiger partial charge in [-0.3, -0.25) is 29.3 Å². The van der Waals surface area contributed by atoms with Crippen molar-refractivity contribution in [3.05, 3.63) is 93.4 Å². The summed E-state index contributed by atoms with van der Waals surface area (Å²) in [5, 5.41) is 23.3. The standard InChI is InChI=1S/C47H51N13O5/c1-27-5-4-6-28(2)40(27)51-41-36-25-48-47(52-42(36)56(3)54-41)49-33-8-7-29-13-22-59(26-32(29)23-33)45(64)31-16-20-58(21-17-31)44(63)30-14-18-57(19-15-30)34-9-10-35-37(24-34)53-55-60(46(35)65)38-11-12-39(61)50-43(38)62/h4-10,23-25,30-31,38H,11-22,26H2,1-3H3,(H,51,54)(H,48,49,52)(H,50,61,62). The van der Waals surface area contributed by atoms with Gasteiger partial charge in [-0.05, 0) is 105 Å². The van der Waals surface area contributed by atoms with Gasteiger partial charge in [-0.2, -0.15) is 14.8 Å². The number of carbonyl (C=O) groups is 4. The van der Waals surface area contributed by atoms with Crippen LogP contribution in [0.3, 0.4) is 0 Å². The number of carbonyl (C=O) groups excluding carboxylic acids is 4. The zero-order valence-corrected chi connectivity index (χ0v) is 36.7. The summed E-state index contributed by atoms with van der Waals surface area (Å²) in [5.74, 6) is 0.321. The number of nitrogens with zero attached hydrogens (tertiary/aromatic N) is 10. The summed E-state index contributed by atoms with van der Waals surface area (Å²) >= 11 is 0. The van der Waals surface area contributed by atoms with Crippen LogP contribution in [0.15, 0.2) is 65.6 Å². The number of para-hydroxylation sites is 1. The summed E-state index contributed by atoms with van der Waals surface area (Å²) in [7, 11) is 1.87. The number of aromatic nitrogens is 7. The van der Waals surface area contributed by atoms with E-state index in [1.165, 1.54) is 5.56 Å². The van der Waals surface area contributed by atoms with E-state index < -0.39 is 17.5 Å². The van der Waals surface area contributed by atoms with Crippen molar-refractivity contribution in [3.63, 3.8) is 0 Å². The van der Waals surface area contributed by atoms with Crippen LogP contribution < -0.4 is 26.4 Å². The van der Waals surface area contributed by atoms with Gasteiger partial charge in [0.1, 0.15) is 11.6 Å². The highest BCUT2D eigenvalue weighted by atomic mass is 16.2. The fourth-order valence-electron chi connectivity index (χ4n) is 9.88. The first-order valence-corrected chi connectivity index (χ1v) is 22.4. The Kier molecular flexibility index (Phi) is 10.9. The van der Waals surface area contributed by atoms with E-state index in [1.54, 1.807) is 16.9 Å². The van der Waals surface area contributed by atoms with Crippen molar-refractivity contribution >= 4 is 74.4 Å². The molecule has 3 saturated heterocycles. The summed E-state index contributed by atoms with van der Waals surface area (Å²) < 4.78 is 2.81. The second-order valence-corrected chi connectivity index (χ2v) is 17.8. The Bertz CT molecular complexity index is 2930. The van der Waals surface area contributed by atoms with Crippen LogP contribution in [0, 0.1) is 25.7 Å². The van der Waals surface area contributed by atoms with Gasteiger partial charge in [0.05, 0.1) is 10.8 Å². The molecule has 1 unspecified atom stereocenters. The highest BCUT2D eigenvalue weighted by molar-refractivity contribution is 5.99. The van der Waals surface area contributed by atoms with Crippen molar-refractivity contribution in [1.29, 1.82) is 0 Å². The maximum Gasteiger partial charge on any atom is 0.278 e. The highest BCUT2D eigenvalue weighted by Gasteiger charge is 2.35. The minimum absolute atomic E-state index is 0.0971. The number of rotatable bonds is 8. The van der Waals surface area contributed by atoms with Crippen LogP contribution in [0.4, 0.5) is 28.8 Å². The van der Waals surface area contributed by atoms with Crippen molar-refractivity contribution in [2.45, 2.75) is 71.4 Å². The van der Waals surface area contributed by atoms with Gasteiger partial charge in [-0.25, -0.2) is 9.67 Å². The SMILES string of the molecule is Cc1cccc(C)c1Nc1nn(C)c2nc(Nc3ccc4c(c3)CN(C(=O)C3CCN(C(=O)C5CCN(c6ccc7c(=O)n(C8CCC(=O)NC8=O)nnc7c6)CC5)CC3)CC4)ncc12. The van der Waals surface area contributed by atoms with Gasteiger partial charge < -0.3 is 25.3 Å². The van der Waals surface area contributed by atoms with Gasteiger partial charge in [0.25, 0.3) is 11.5 Å². The van der Waals surface area contributed by atoms with Crippen molar-refractivity contribution in [1.82, 2.24) is 49.9 Å². The predicted molar refractivity (Wildman–Crippen MR) is 244 cm³/mol. The Morgan fingerprint density at radius 2 is 1.51 bits per heavy atom. The number of benzene rings is 3. The lowest BCUT2D eigenvalue weighted by molar-refractivity contribution is -0.143. The number of amides is 4. The van der Waals surface area contributed by atoms with Gasteiger partial charge in [-0.1, -0.05) is 29.5 Å². The fourth-order valence-corrected chi connectivity index (χ4v) is 9.88. The van der Waals surface area contributed by atoms with Gasteiger partial charge in [0.2, 0.25) is 23.7 Å². The van der Waals surface area contributed by atoms with Crippen LogP contribution in [0.1, 0.15) is 66.8 Å². The van der Waals surface area contributed by atoms with Crippen molar-refractivity contribution in [3.8, 4) is 0 Å². The number of likely N-dealkylation sites (tertiary alicyclic amines) is 1. The van der Waals surface area contributed by atoms with Crippen LogP contribution in [0.25, 0.3) is 21.9 Å². The number of nitrogens with one attached hydrogen (secondary N) is 3. The first-order valence-electron chi connectivity index (χ1n) is 22.4. The Hall–Kier alpha value is -7.24. The molecule has 10 rings (SSSR count). The van der Waals surface area contributed by atoms with E-state index in [0.29, 0.717) is 93.3 Å². The molecule has 3 aromatic heterocycles. The van der Waals surface area contributed by atoms with E-state index in [-0.39, 0.29) is 42.4 Å². The molecule has 0 spiro atoms. The second kappa shape index (κ2) is 17.0. The van der Waals surface area contributed by atoms with Crippen LogP contribution in [0.5, 0.6) is 0 Å². The minimum atomic E-state index is -0.878. The average molecular weight is 878 g/mol.